The predicted octanol–water partition coefficient (Wildman–Crippen LogP) is 7.70. The second kappa shape index (κ2) is 18.5. The molecule has 4 heterocycles. The van der Waals surface area contributed by atoms with Crippen LogP contribution in [0.25, 0.3) is 33.6 Å². The summed E-state index contributed by atoms with van der Waals surface area (Å²) in [5.41, 5.74) is 4.88. The fraction of sp³-hybridized carbons (Fsp3) is 0.548. The SMILES string of the molecule is CC(C)(C)OC(=O)N1CCC[C@H]1c1ncc(-c2ccc3cc2OCCOCCOCCOCCOCCOc2cc-3ccc2-c2cnc(C3CCCC3)[nH]2)[nH]1. The minimum atomic E-state index is -0.579. The summed E-state index contributed by atoms with van der Waals surface area (Å²) in [6.07, 6.45) is 9.90. The van der Waals surface area contributed by atoms with Crippen molar-refractivity contribution in [3.05, 3.63) is 60.4 Å². The zero-order valence-electron chi connectivity index (χ0n) is 32.4. The van der Waals surface area contributed by atoms with E-state index >= 15 is 0 Å². The van der Waals surface area contributed by atoms with E-state index in [1.165, 1.54) is 25.7 Å². The molecule has 55 heavy (non-hydrogen) atoms. The number of nitrogens with zero attached hydrogens (tertiary/aromatic N) is 3. The van der Waals surface area contributed by atoms with E-state index in [9.17, 15) is 4.79 Å². The minimum Gasteiger partial charge on any atom is -0.490 e. The van der Waals surface area contributed by atoms with Gasteiger partial charge in [0.25, 0.3) is 0 Å². The van der Waals surface area contributed by atoms with Gasteiger partial charge >= 0.3 is 6.09 Å². The van der Waals surface area contributed by atoms with E-state index in [0.29, 0.717) is 84.3 Å². The van der Waals surface area contributed by atoms with E-state index < -0.39 is 5.60 Å². The summed E-state index contributed by atoms with van der Waals surface area (Å²) in [5, 5.41) is 0. The van der Waals surface area contributed by atoms with E-state index in [1.54, 1.807) is 4.90 Å². The van der Waals surface area contributed by atoms with Crippen LogP contribution in [0.5, 0.6) is 11.5 Å². The molecule has 2 aliphatic heterocycles. The summed E-state index contributed by atoms with van der Waals surface area (Å²) in [7, 11) is 0. The van der Waals surface area contributed by atoms with Crippen molar-refractivity contribution in [2.45, 2.75) is 76.9 Å². The third kappa shape index (κ3) is 10.3. The molecule has 2 aromatic carbocycles. The fourth-order valence-corrected chi connectivity index (χ4v) is 7.38. The lowest BCUT2D eigenvalue weighted by Gasteiger charge is -2.27. The highest BCUT2D eigenvalue weighted by molar-refractivity contribution is 5.78. The van der Waals surface area contributed by atoms with Crippen LogP contribution >= 0.6 is 0 Å². The Morgan fingerprint density at radius 3 is 1.69 bits per heavy atom. The minimum absolute atomic E-state index is 0.199. The van der Waals surface area contributed by atoms with Crippen molar-refractivity contribution in [1.82, 2.24) is 24.8 Å². The molecule has 0 spiro atoms. The first-order valence-electron chi connectivity index (χ1n) is 19.8. The van der Waals surface area contributed by atoms with E-state index in [2.05, 4.69) is 34.2 Å². The van der Waals surface area contributed by atoms with Gasteiger partial charge in [-0.25, -0.2) is 14.8 Å². The molecule has 7 rings (SSSR count). The number of aromatic nitrogens is 4. The lowest BCUT2D eigenvalue weighted by molar-refractivity contribution is -0.00696. The van der Waals surface area contributed by atoms with Crippen LogP contribution in [0.4, 0.5) is 4.79 Å². The number of imidazole rings is 2. The number of aromatic amines is 2. The Kier molecular flexibility index (Phi) is 13.0. The molecule has 4 aromatic rings. The number of likely N-dealkylation sites (tertiary alicyclic amines) is 1. The van der Waals surface area contributed by atoms with Gasteiger partial charge in [-0.05, 0) is 81.8 Å². The van der Waals surface area contributed by atoms with Crippen LogP contribution in [0.2, 0.25) is 0 Å². The molecule has 4 bridgehead atoms. The van der Waals surface area contributed by atoms with E-state index in [0.717, 1.165) is 63.9 Å². The van der Waals surface area contributed by atoms with Crippen molar-refractivity contribution in [3.63, 3.8) is 0 Å². The van der Waals surface area contributed by atoms with Gasteiger partial charge in [-0.15, -0.1) is 0 Å². The molecule has 13 nitrogen and oxygen atoms in total. The van der Waals surface area contributed by atoms with Gasteiger partial charge in [-0.2, -0.15) is 0 Å². The van der Waals surface area contributed by atoms with Crippen molar-refractivity contribution in [2.24, 2.45) is 0 Å². The van der Waals surface area contributed by atoms with Crippen LogP contribution in [0, 0.1) is 0 Å². The molecule has 2 fully saturated rings. The predicted molar refractivity (Wildman–Crippen MR) is 207 cm³/mol. The zero-order valence-corrected chi connectivity index (χ0v) is 32.4. The molecule has 1 amide bonds. The molecule has 13 heteroatoms. The third-order valence-electron chi connectivity index (χ3n) is 10.1. The van der Waals surface area contributed by atoms with Crippen LogP contribution in [0.1, 0.15) is 82.9 Å². The van der Waals surface area contributed by atoms with Crippen molar-refractivity contribution in [1.29, 1.82) is 0 Å². The van der Waals surface area contributed by atoms with Crippen molar-refractivity contribution in [3.8, 4) is 45.1 Å². The van der Waals surface area contributed by atoms with Gasteiger partial charge in [-0.1, -0.05) is 25.0 Å². The molecule has 2 N–H and O–H groups in total. The van der Waals surface area contributed by atoms with Crippen LogP contribution in [0.15, 0.2) is 48.8 Å². The van der Waals surface area contributed by atoms with Gasteiger partial charge in [-0.3, -0.25) is 4.90 Å². The third-order valence-corrected chi connectivity index (χ3v) is 10.1. The van der Waals surface area contributed by atoms with Crippen molar-refractivity contribution >= 4 is 6.09 Å². The van der Waals surface area contributed by atoms with E-state index in [-0.39, 0.29) is 12.1 Å². The molecule has 1 aliphatic carbocycles. The first-order chi connectivity index (χ1) is 26.8. The number of hydrogen-bond donors (Lipinski definition) is 2. The fourth-order valence-electron chi connectivity index (χ4n) is 7.38. The van der Waals surface area contributed by atoms with Crippen LogP contribution in [-0.2, 0) is 23.7 Å². The molecule has 2 aromatic heterocycles. The summed E-state index contributed by atoms with van der Waals surface area (Å²) in [4.78, 5) is 31.5. The average Bonchev–Trinajstić information content (AvgIpc) is 4.01. The van der Waals surface area contributed by atoms with Gasteiger partial charge in [0, 0.05) is 23.6 Å². The Hall–Kier alpha value is -4.43. The second-order valence-corrected chi connectivity index (χ2v) is 15.2. The molecule has 0 radical (unpaired) electrons. The van der Waals surface area contributed by atoms with Crippen LogP contribution in [-0.4, -0.2) is 109 Å². The number of nitrogens with one attached hydrogen (secondary N) is 2. The topological polar surface area (TPSA) is 142 Å². The highest BCUT2D eigenvalue weighted by Gasteiger charge is 2.35. The van der Waals surface area contributed by atoms with Crippen molar-refractivity contribution < 1.29 is 38.0 Å². The lowest BCUT2D eigenvalue weighted by atomic mass is 9.99. The van der Waals surface area contributed by atoms with Gasteiger partial charge in [0.15, 0.2) is 0 Å². The number of amides is 1. The Bertz CT molecular complexity index is 1850. The average molecular weight is 758 g/mol. The summed E-state index contributed by atoms with van der Waals surface area (Å²) < 4.78 is 41.5. The molecule has 1 atom stereocenters. The largest absolute Gasteiger partial charge is 0.490 e. The number of H-pyrrole nitrogens is 2. The highest BCUT2D eigenvalue weighted by Crippen LogP contribution is 2.40. The number of rotatable bonds is 4. The molecule has 1 saturated heterocycles. The molecule has 1 saturated carbocycles. The summed E-state index contributed by atoms with van der Waals surface area (Å²) in [6.45, 7) is 10.6. The Morgan fingerprint density at radius 2 is 1.16 bits per heavy atom. The second-order valence-electron chi connectivity index (χ2n) is 15.2. The van der Waals surface area contributed by atoms with Gasteiger partial charge in [0.1, 0.15) is 42.0 Å². The number of benzene rings is 2. The summed E-state index contributed by atoms with van der Waals surface area (Å²) >= 11 is 0. The number of carbonyl (C=O) groups is 1. The normalized spacial score (nSPS) is 19.9. The van der Waals surface area contributed by atoms with Crippen LogP contribution in [0.3, 0.4) is 0 Å². The van der Waals surface area contributed by atoms with E-state index in [1.807, 2.05) is 45.3 Å². The summed E-state index contributed by atoms with van der Waals surface area (Å²) in [6, 6.07) is 12.2. The zero-order chi connectivity index (χ0) is 38.0. The van der Waals surface area contributed by atoms with E-state index in [4.69, 9.17) is 43.1 Å². The molecule has 296 valence electrons. The number of fused-ring (bicyclic) bond motifs is 5. The number of hydrogen-bond acceptors (Lipinski definition) is 10. The standard InChI is InChI=1S/C42H55N5O8/c1-42(2,3)55-41(48)47-14-6-9-36(47)40-44-28-35(46-40)33-13-11-31-26-38(33)54-24-22-52-20-18-50-16-15-49-17-19-51-21-23-53-37-25-30(31)10-12-32(37)34-27-43-39(45-34)29-7-4-5-8-29/h10-13,25-29,36H,4-9,14-24H2,1-3H3,(H,43,45)(H,44,46)/t36-/m0/s1. The first-order valence-corrected chi connectivity index (χ1v) is 19.8. The maximum Gasteiger partial charge on any atom is 0.410 e. The lowest BCUT2D eigenvalue weighted by Crippen LogP contribution is -2.36. The maximum absolute atomic E-state index is 13.1. The smallest absolute Gasteiger partial charge is 0.410 e. The summed E-state index contributed by atoms with van der Waals surface area (Å²) in [5.74, 6) is 3.66. The van der Waals surface area contributed by atoms with Gasteiger partial charge < -0.3 is 43.1 Å². The highest BCUT2D eigenvalue weighted by atomic mass is 16.6. The molecular formula is C42H55N5O8. The Balaban J connectivity index is 1.17. The van der Waals surface area contributed by atoms with Crippen LogP contribution < -0.4 is 9.47 Å². The quantitative estimate of drug-likeness (QED) is 0.213. The number of carbonyl (C=O) groups excluding carboxylic acids is 1. The Morgan fingerprint density at radius 1 is 0.673 bits per heavy atom. The first kappa shape index (κ1) is 38.8. The maximum atomic E-state index is 13.1. The molecule has 3 aliphatic rings. The van der Waals surface area contributed by atoms with Gasteiger partial charge in [0.2, 0.25) is 0 Å². The molecular weight excluding hydrogens is 702 g/mol. The monoisotopic (exact) mass is 757 g/mol. The van der Waals surface area contributed by atoms with Gasteiger partial charge in [0.05, 0.1) is 82.7 Å². The number of ether oxygens (including phenoxy) is 7. The molecule has 0 unspecified atom stereocenters. The Labute approximate surface area is 323 Å². The van der Waals surface area contributed by atoms with Crippen molar-refractivity contribution in [2.75, 3.05) is 72.6 Å².